The summed E-state index contributed by atoms with van der Waals surface area (Å²) >= 11 is 6.54. The van der Waals surface area contributed by atoms with Gasteiger partial charge in [-0.1, -0.05) is 50.6 Å². The molecule has 0 aliphatic carbocycles. The number of rotatable bonds is 2. The van der Waals surface area contributed by atoms with E-state index in [-0.39, 0.29) is 5.69 Å². The Bertz CT molecular complexity index is 1500. The van der Waals surface area contributed by atoms with Crippen molar-refractivity contribution >= 4 is 28.3 Å². The molecule has 0 unspecified atom stereocenters. The van der Waals surface area contributed by atoms with Gasteiger partial charge in [0.15, 0.2) is 11.3 Å². The monoisotopic (exact) mass is 430 g/mol. The van der Waals surface area contributed by atoms with Gasteiger partial charge in [0.05, 0.1) is 11.1 Å². The molecule has 5 aromatic rings. The molecule has 1 aromatic carbocycles. The fourth-order valence-electron chi connectivity index (χ4n) is 3.69. The molecule has 0 aliphatic heterocycles. The van der Waals surface area contributed by atoms with Gasteiger partial charge in [0.1, 0.15) is 5.82 Å². The van der Waals surface area contributed by atoms with E-state index in [1.54, 1.807) is 12.4 Å². The third-order valence-electron chi connectivity index (χ3n) is 5.13. The van der Waals surface area contributed by atoms with Crippen LogP contribution in [-0.4, -0.2) is 29.5 Å². The van der Waals surface area contributed by atoms with E-state index in [9.17, 15) is 4.79 Å². The van der Waals surface area contributed by atoms with Gasteiger partial charge in [-0.2, -0.15) is 5.10 Å². The second-order valence-corrected chi connectivity index (χ2v) is 8.75. The highest BCUT2D eigenvalue weighted by Gasteiger charge is 2.25. The molecule has 0 fully saturated rings. The van der Waals surface area contributed by atoms with Crippen LogP contribution in [0.3, 0.4) is 0 Å². The van der Waals surface area contributed by atoms with Gasteiger partial charge in [0, 0.05) is 34.0 Å². The predicted molar refractivity (Wildman–Crippen MR) is 121 cm³/mol. The summed E-state index contributed by atoms with van der Waals surface area (Å²) in [6, 6.07) is 13.4. The Morgan fingerprint density at radius 1 is 1.00 bits per heavy atom. The van der Waals surface area contributed by atoms with Crippen molar-refractivity contribution in [3.8, 4) is 22.4 Å². The first-order chi connectivity index (χ1) is 14.8. The van der Waals surface area contributed by atoms with Crippen molar-refractivity contribution in [2.45, 2.75) is 26.2 Å². The van der Waals surface area contributed by atoms with Crippen LogP contribution in [0.5, 0.6) is 0 Å². The highest BCUT2D eigenvalue weighted by molar-refractivity contribution is 6.33. The summed E-state index contributed by atoms with van der Waals surface area (Å²) in [6.07, 6.45) is 3.46. The number of benzene rings is 1. The SMILES string of the molecule is CC(C)(C)c1nc2nc(-c3ccccc3Cl)c(-c3ccncc3)cc2c2n[nH]c(=O)n12. The summed E-state index contributed by atoms with van der Waals surface area (Å²) in [6.45, 7) is 6.00. The van der Waals surface area contributed by atoms with Crippen LogP contribution in [0.1, 0.15) is 26.6 Å². The second-order valence-electron chi connectivity index (χ2n) is 8.34. The molecule has 4 heterocycles. The molecule has 154 valence electrons. The summed E-state index contributed by atoms with van der Waals surface area (Å²) in [4.78, 5) is 26.4. The summed E-state index contributed by atoms with van der Waals surface area (Å²) in [5.41, 5.74) is 3.57. The average Bonchev–Trinajstić information content (AvgIpc) is 3.14. The Morgan fingerprint density at radius 2 is 1.74 bits per heavy atom. The molecular weight excluding hydrogens is 412 g/mol. The van der Waals surface area contributed by atoms with E-state index in [0.29, 0.717) is 33.2 Å². The zero-order valence-corrected chi connectivity index (χ0v) is 18.0. The zero-order valence-electron chi connectivity index (χ0n) is 17.2. The first-order valence-electron chi connectivity index (χ1n) is 9.82. The molecule has 31 heavy (non-hydrogen) atoms. The van der Waals surface area contributed by atoms with Crippen LogP contribution < -0.4 is 5.69 Å². The lowest BCUT2D eigenvalue weighted by Crippen LogP contribution is -2.25. The third-order valence-corrected chi connectivity index (χ3v) is 5.46. The topological polar surface area (TPSA) is 88.8 Å². The normalized spacial score (nSPS) is 12.0. The maximum absolute atomic E-state index is 12.5. The molecule has 7 nitrogen and oxygen atoms in total. The summed E-state index contributed by atoms with van der Waals surface area (Å²) < 4.78 is 1.52. The first-order valence-corrected chi connectivity index (χ1v) is 10.2. The van der Waals surface area contributed by atoms with Crippen molar-refractivity contribution in [2.75, 3.05) is 0 Å². The van der Waals surface area contributed by atoms with Gasteiger partial charge < -0.3 is 0 Å². The van der Waals surface area contributed by atoms with Crippen molar-refractivity contribution < 1.29 is 0 Å². The number of nitrogens with zero attached hydrogens (tertiary/aromatic N) is 5. The maximum Gasteiger partial charge on any atom is 0.349 e. The molecule has 1 N–H and O–H groups in total. The average molecular weight is 431 g/mol. The third kappa shape index (κ3) is 3.18. The Balaban J connectivity index is 1.95. The number of pyridine rings is 2. The summed E-state index contributed by atoms with van der Waals surface area (Å²) in [7, 11) is 0. The molecule has 0 amide bonds. The smallest absolute Gasteiger partial charge is 0.265 e. The van der Waals surface area contributed by atoms with Crippen molar-refractivity contribution in [1.29, 1.82) is 0 Å². The number of aromatic amines is 1. The largest absolute Gasteiger partial charge is 0.349 e. The number of hydrogen-bond donors (Lipinski definition) is 1. The molecule has 8 heteroatoms. The number of hydrogen-bond acceptors (Lipinski definition) is 5. The Morgan fingerprint density at radius 3 is 2.45 bits per heavy atom. The maximum atomic E-state index is 12.5. The lowest BCUT2D eigenvalue weighted by atomic mass is 9.95. The molecule has 0 saturated heterocycles. The Kier molecular flexibility index (Phi) is 4.37. The minimum absolute atomic E-state index is 0.324. The fraction of sp³-hybridized carbons (Fsp3) is 0.174. The van der Waals surface area contributed by atoms with Crippen LogP contribution in [-0.2, 0) is 5.41 Å². The predicted octanol–water partition coefficient (Wildman–Crippen LogP) is 4.65. The van der Waals surface area contributed by atoms with E-state index in [0.717, 1.165) is 16.7 Å². The molecule has 5 rings (SSSR count). The van der Waals surface area contributed by atoms with Crippen LogP contribution >= 0.6 is 11.6 Å². The minimum Gasteiger partial charge on any atom is -0.265 e. The second kappa shape index (κ2) is 6.99. The van der Waals surface area contributed by atoms with Crippen molar-refractivity contribution in [2.24, 2.45) is 0 Å². The zero-order chi connectivity index (χ0) is 21.8. The number of nitrogens with one attached hydrogen (secondary N) is 1. The van der Waals surface area contributed by atoms with Crippen LogP contribution in [0.4, 0.5) is 0 Å². The summed E-state index contributed by atoms with van der Waals surface area (Å²) in [5, 5.41) is 8.11. The van der Waals surface area contributed by atoms with Crippen LogP contribution in [0.25, 0.3) is 39.1 Å². The summed E-state index contributed by atoms with van der Waals surface area (Å²) in [5.74, 6) is 0.586. The standard InChI is InChI=1S/C23H19ClN6O/c1-23(2,3)21-27-19-16(20-28-29-22(31)30(20)21)12-15(13-8-10-25-11-9-13)18(26-19)14-6-4-5-7-17(14)24/h4-12H,1-3H3,(H,29,31). The fourth-order valence-corrected chi connectivity index (χ4v) is 3.92. The highest BCUT2D eigenvalue weighted by atomic mass is 35.5. The molecule has 0 aliphatic rings. The quantitative estimate of drug-likeness (QED) is 0.440. The molecule has 4 aromatic heterocycles. The van der Waals surface area contributed by atoms with Gasteiger partial charge in [0.25, 0.3) is 0 Å². The van der Waals surface area contributed by atoms with Gasteiger partial charge in [-0.05, 0) is 29.8 Å². The molecule has 0 bridgehead atoms. The highest BCUT2D eigenvalue weighted by Crippen LogP contribution is 2.37. The van der Waals surface area contributed by atoms with Crippen molar-refractivity contribution in [3.63, 3.8) is 0 Å². The lowest BCUT2D eigenvalue weighted by molar-refractivity contribution is 0.535. The first kappa shape index (κ1) is 19.4. The van der Waals surface area contributed by atoms with Crippen molar-refractivity contribution in [3.05, 3.63) is 76.2 Å². The van der Waals surface area contributed by atoms with Crippen molar-refractivity contribution in [1.82, 2.24) is 29.5 Å². The van der Waals surface area contributed by atoms with Gasteiger partial charge >= 0.3 is 5.69 Å². The molecular formula is C23H19ClN6O. The lowest BCUT2D eigenvalue weighted by Gasteiger charge is -2.20. The van der Waals surface area contributed by atoms with Gasteiger partial charge in [-0.25, -0.2) is 24.3 Å². The molecule has 0 spiro atoms. The van der Waals surface area contributed by atoms with Crippen LogP contribution in [0, 0.1) is 0 Å². The Labute approximate surface area is 182 Å². The minimum atomic E-state index is -0.393. The van der Waals surface area contributed by atoms with Gasteiger partial charge in [-0.15, -0.1) is 0 Å². The number of aromatic nitrogens is 6. The van der Waals surface area contributed by atoms with E-state index in [1.165, 1.54) is 4.40 Å². The van der Waals surface area contributed by atoms with Gasteiger partial charge in [-0.3, -0.25) is 4.98 Å². The van der Waals surface area contributed by atoms with E-state index >= 15 is 0 Å². The van der Waals surface area contributed by atoms with Gasteiger partial charge in [0.2, 0.25) is 0 Å². The number of H-pyrrole nitrogens is 1. The number of halogens is 1. The molecule has 0 radical (unpaired) electrons. The number of fused-ring (bicyclic) bond motifs is 3. The van der Waals surface area contributed by atoms with Crippen LogP contribution in [0.2, 0.25) is 5.02 Å². The van der Waals surface area contributed by atoms with E-state index < -0.39 is 5.41 Å². The van der Waals surface area contributed by atoms with E-state index in [4.69, 9.17) is 21.6 Å². The molecule has 0 atom stereocenters. The molecule has 0 saturated carbocycles. The van der Waals surface area contributed by atoms with E-state index in [2.05, 4.69) is 15.2 Å². The van der Waals surface area contributed by atoms with E-state index in [1.807, 2.05) is 63.2 Å². The van der Waals surface area contributed by atoms with Crippen LogP contribution in [0.15, 0.2) is 59.7 Å². The Hall–Kier alpha value is -3.58.